The third-order valence-electron chi connectivity index (χ3n) is 2.87. The first-order chi connectivity index (χ1) is 9.40. The Morgan fingerprint density at radius 2 is 2.10 bits per heavy atom. The first-order valence-electron chi connectivity index (χ1n) is 6.50. The van der Waals surface area contributed by atoms with E-state index in [0.29, 0.717) is 19.4 Å². The molecule has 20 heavy (non-hydrogen) atoms. The smallest absolute Gasteiger partial charge is 0.354 e. The van der Waals surface area contributed by atoms with E-state index in [0.717, 1.165) is 17.5 Å². The van der Waals surface area contributed by atoms with Crippen molar-refractivity contribution in [3.8, 4) is 0 Å². The minimum Gasteiger partial charge on any atom is -0.354 e. The van der Waals surface area contributed by atoms with Crippen molar-refractivity contribution in [3.63, 3.8) is 0 Å². The lowest BCUT2D eigenvalue weighted by Crippen LogP contribution is -2.37. The topological polar surface area (TPSA) is 41.1 Å². The maximum Gasteiger partial charge on any atom is 0.405 e. The predicted molar refractivity (Wildman–Crippen MR) is 67.2 cm³/mol. The Labute approximate surface area is 114 Å². The van der Waals surface area contributed by atoms with Crippen molar-refractivity contribution in [2.75, 3.05) is 23.3 Å². The van der Waals surface area contributed by atoms with Crippen molar-refractivity contribution in [2.45, 2.75) is 38.4 Å². The molecular formula is C12H16F4N4. The number of rotatable bonds is 6. The van der Waals surface area contributed by atoms with Gasteiger partial charge in [-0.05, 0) is 19.3 Å². The van der Waals surface area contributed by atoms with Gasteiger partial charge in [-0.3, -0.25) is 0 Å². The Bertz CT molecular complexity index is 459. The average Bonchev–Trinajstić information content (AvgIpc) is 3.18. The van der Waals surface area contributed by atoms with Crippen LogP contribution in [0.5, 0.6) is 0 Å². The van der Waals surface area contributed by atoms with Crippen LogP contribution in [0.25, 0.3) is 0 Å². The lowest BCUT2D eigenvalue weighted by molar-refractivity contribution is -0.120. The van der Waals surface area contributed by atoms with E-state index < -0.39 is 18.5 Å². The van der Waals surface area contributed by atoms with Crippen molar-refractivity contribution >= 4 is 11.8 Å². The van der Waals surface area contributed by atoms with Crippen LogP contribution in [0.2, 0.25) is 0 Å². The van der Waals surface area contributed by atoms with E-state index in [4.69, 9.17) is 0 Å². The Morgan fingerprint density at radius 1 is 1.40 bits per heavy atom. The lowest BCUT2D eigenvalue weighted by Gasteiger charge is -2.25. The predicted octanol–water partition coefficient (Wildman–Crippen LogP) is 2.97. The van der Waals surface area contributed by atoms with Crippen LogP contribution in [0.4, 0.5) is 29.3 Å². The van der Waals surface area contributed by atoms with Crippen molar-refractivity contribution in [3.05, 3.63) is 12.0 Å². The molecule has 0 amide bonds. The summed E-state index contributed by atoms with van der Waals surface area (Å²) < 4.78 is 51.5. The second-order valence-corrected chi connectivity index (χ2v) is 4.77. The number of halogens is 4. The normalized spacial score (nSPS) is 15.2. The van der Waals surface area contributed by atoms with Gasteiger partial charge < -0.3 is 10.2 Å². The monoisotopic (exact) mass is 292 g/mol. The Morgan fingerprint density at radius 3 is 2.65 bits per heavy atom. The first-order valence-corrected chi connectivity index (χ1v) is 6.50. The summed E-state index contributed by atoms with van der Waals surface area (Å²) in [6, 6.07) is -0.292. The molecule has 0 radical (unpaired) electrons. The van der Waals surface area contributed by atoms with Gasteiger partial charge >= 0.3 is 6.18 Å². The molecule has 0 bridgehead atoms. The molecule has 1 aliphatic rings. The van der Waals surface area contributed by atoms with E-state index in [1.165, 1.54) is 0 Å². The van der Waals surface area contributed by atoms with E-state index in [-0.39, 0.29) is 17.8 Å². The quantitative estimate of drug-likeness (QED) is 0.818. The van der Waals surface area contributed by atoms with Gasteiger partial charge in [0.1, 0.15) is 6.54 Å². The maximum absolute atomic E-state index is 13.7. The molecule has 1 N–H and O–H groups in total. The SMILES string of the molecule is CCCNc1ncc(F)c(N(CC(F)(F)F)C2CC2)n1. The van der Waals surface area contributed by atoms with Crippen LogP contribution in [0.1, 0.15) is 26.2 Å². The highest BCUT2D eigenvalue weighted by Gasteiger charge is 2.40. The van der Waals surface area contributed by atoms with Crippen LogP contribution in [-0.2, 0) is 0 Å². The van der Waals surface area contributed by atoms with Crippen LogP contribution in [0, 0.1) is 5.82 Å². The fourth-order valence-electron chi connectivity index (χ4n) is 1.84. The van der Waals surface area contributed by atoms with E-state index in [1.807, 2.05) is 6.92 Å². The van der Waals surface area contributed by atoms with Gasteiger partial charge in [0.15, 0.2) is 11.6 Å². The molecular weight excluding hydrogens is 276 g/mol. The number of nitrogens with one attached hydrogen (secondary N) is 1. The minimum atomic E-state index is -4.39. The van der Waals surface area contributed by atoms with Crippen LogP contribution >= 0.6 is 0 Å². The molecule has 1 aliphatic carbocycles. The molecule has 8 heteroatoms. The van der Waals surface area contributed by atoms with E-state index in [9.17, 15) is 17.6 Å². The molecule has 0 aliphatic heterocycles. The molecule has 0 saturated heterocycles. The van der Waals surface area contributed by atoms with Gasteiger partial charge in [0.05, 0.1) is 6.20 Å². The van der Waals surface area contributed by atoms with Gasteiger partial charge in [-0.2, -0.15) is 18.2 Å². The highest BCUT2D eigenvalue weighted by atomic mass is 19.4. The zero-order valence-electron chi connectivity index (χ0n) is 11.0. The molecule has 1 fully saturated rings. The summed E-state index contributed by atoms with van der Waals surface area (Å²) in [5.74, 6) is -0.960. The number of alkyl halides is 3. The largest absolute Gasteiger partial charge is 0.405 e. The van der Waals surface area contributed by atoms with Crippen molar-refractivity contribution in [1.82, 2.24) is 9.97 Å². The minimum absolute atomic E-state index is 0.149. The summed E-state index contributed by atoms with van der Waals surface area (Å²) in [4.78, 5) is 8.59. The van der Waals surface area contributed by atoms with Crippen LogP contribution in [-0.4, -0.2) is 35.3 Å². The molecule has 1 heterocycles. The Hall–Kier alpha value is -1.60. The van der Waals surface area contributed by atoms with Gasteiger partial charge in [0.25, 0.3) is 0 Å². The van der Waals surface area contributed by atoms with Crippen molar-refractivity contribution in [1.29, 1.82) is 0 Å². The van der Waals surface area contributed by atoms with Gasteiger partial charge in [-0.15, -0.1) is 0 Å². The number of aromatic nitrogens is 2. The van der Waals surface area contributed by atoms with Crippen LogP contribution in [0.3, 0.4) is 0 Å². The lowest BCUT2D eigenvalue weighted by atomic mass is 10.4. The third-order valence-corrected chi connectivity index (χ3v) is 2.87. The summed E-state index contributed by atoms with van der Waals surface area (Å²) in [6.07, 6.45) is -1.43. The summed E-state index contributed by atoms with van der Waals surface area (Å²) in [5.41, 5.74) is 0. The highest BCUT2D eigenvalue weighted by Crippen LogP contribution is 2.34. The molecule has 4 nitrogen and oxygen atoms in total. The number of anilines is 2. The Balaban J connectivity index is 2.22. The zero-order valence-corrected chi connectivity index (χ0v) is 11.0. The van der Waals surface area contributed by atoms with E-state index in [2.05, 4.69) is 15.3 Å². The molecule has 2 rings (SSSR count). The second-order valence-electron chi connectivity index (χ2n) is 4.77. The van der Waals surface area contributed by atoms with Gasteiger partial charge in [-0.25, -0.2) is 9.37 Å². The third kappa shape index (κ3) is 3.94. The molecule has 0 atom stereocenters. The molecule has 0 unspecified atom stereocenters. The summed E-state index contributed by atoms with van der Waals surface area (Å²) in [6.45, 7) is 1.31. The fraction of sp³-hybridized carbons (Fsp3) is 0.667. The van der Waals surface area contributed by atoms with Crippen LogP contribution in [0.15, 0.2) is 6.20 Å². The molecule has 112 valence electrons. The number of nitrogens with zero attached hydrogens (tertiary/aromatic N) is 3. The molecule has 0 spiro atoms. The molecule has 1 saturated carbocycles. The maximum atomic E-state index is 13.7. The summed E-state index contributed by atoms with van der Waals surface area (Å²) >= 11 is 0. The van der Waals surface area contributed by atoms with Crippen LogP contribution < -0.4 is 10.2 Å². The van der Waals surface area contributed by atoms with Gasteiger partial charge in [0, 0.05) is 12.6 Å². The molecule has 0 aromatic carbocycles. The first kappa shape index (κ1) is 14.8. The van der Waals surface area contributed by atoms with Gasteiger partial charge in [0.2, 0.25) is 5.95 Å². The van der Waals surface area contributed by atoms with Crippen molar-refractivity contribution in [2.24, 2.45) is 0 Å². The standard InChI is InChI=1S/C12H16F4N4/c1-2-5-17-11-18-6-9(13)10(19-11)20(8-3-4-8)7-12(14,15)16/h6,8H,2-5,7H2,1H3,(H,17,18,19). The second kappa shape index (κ2) is 5.80. The highest BCUT2D eigenvalue weighted by molar-refractivity contribution is 5.46. The number of hydrogen-bond donors (Lipinski definition) is 1. The zero-order chi connectivity index (χ0) is 14.8. The summed E-state index contributed by atoms with van der Waals surface area (Å²) in [5, 5.41) is 2.84. The van der Waals surface area contributed by atoms with Crippen molar-refractivity contribution < 1.29 is 17.6 Å². The fourth-order valence-corrected chi connectivity index (χ4v) is 1.84. The van der Waals surface area contributed by atoms with Gasteiger partial charge in [-0.1, -0.05) is 6.92 Å². The van der Waals surface area contributed by atoms with E-state index >= 15 is 0 Å². The molecule has 1 aromatic heterocycles. The van der Waals surface area contributed by atoms with E-state index in [1.54, 1.807) is 0 Å². The average molecular weight is 292 g/mol. The summed E-state index contributed by atoms with van der Waals surface area (Å²) in [7, 11) is 0. The number of hydrogen-bond acceptors (Lipinski definition) is 4. The Kier molecular flexibility index (Phi) is 4.29. The molecule has 1 aromatic rings.